The van der Waals surface area contributed by atoms with E-state index >= 15 is 8.78 Å². The highest BCUT2D eigenvalue weighted by Crippen LogP contribution is 2.47. The molecule has 4 atom stereocenters. The molecule has 2 amide bonds. The van der Waals surface area contributed by atoms with Crippen LogP contribution < -0.4 is 9.47 Å². The average molecular weight is 1090 g/mol. The van der Waals surface area contributed by atoms with E-state index in [9.17, 15) is 29.4 Å². The number of rotatable bonds is 18. The van der Waals surface area contributed by atoms with Crippen molar-refractivity contribution in [2.45, 2.75) is 100 Å². The van der Waals surface area contributed by atoms with Gasteiger partial charge in [-0.2, -0.15) is 0 Å². The first-order valence-electron chi connectivity index (χ1n) is 28.7. The lowest BCUT2D eigenvalue weighted by Gasteiger charge is -2.29. The van der Waals surface area contributed by atoms with Crippen molar-refractivity contribution in [2.24, 2.45) is 11.8 Å². The van der Waals surface area contributed by atoms with E-state index in [1.54, 1.807) is 12.1 Å². The van der Waals surface area contributed by atoms with E-state index in [-0.39, 0.29) is 35.0 Å². The molecule has 6 aromatic rings. The van der Waals surface area contributed by atoms with Crippen LogP contribution in [0.2, 0.25) is 0 Å². The molecular formula is C66H70F2N4O8. The maximum atomic E-state index is 15.3. The number of likely N-dealkylation sites (tertiary alicyclic amines) is 4. The van der Waals surface area contributed by atoms with E-state index < -0.39 is 47.5 Å². The van der Waals surface area contributed by atoms with E-state index in [1.807, 2.05) is 24.3 Å². The lowest BCUT2D eigenvalue weighted by molar-refractivity contribution is -0.142. The largest absolute Gasteiger partial charge is 0.493 e. The molecule has 0 bridgehead atoms. The molecule has 6 aliphatic rings. The molecule has 4 aliphatic heterocycles. The summed E-state index contributed by atoms with van der Waals surface area (Å²) in [4.78, 5) is 57.1. The van der Waals surface area contributed by atoms with Gasteiger partial charge in [-0.15, -0.1) is 0 Å². The number of nitrogens with zero attached hydrogens (tertiary/aromatic N) is 4. The molecule has 0 radical (unpaired) electrons. The van der Waals surface area contributed by atoms with E-state index in [1.165, 1.54) is 44.2 Å². The number of hydrogen-bond acceptors (Lipinski definition) is 8. The molecule has 0 spiro atoms. The van der Waals surface area contributed by atoms with Crippen molar-refractivity contribution in [2.75, 3.05) is 52.5 Å². The van der Waals surface area contributed by atoms with Crippen LogP contribution in [-0.2, 0) is 9.59 Å². The standard InChI is InChI=1S/2C33H35FN2O4/c2*34-28-19-30(26(23-13-14-23)18-27(28)32(37)36-16-7-12-29(36)33(38)39)40-21-22-15-17-35(20-22)31(24-8-3-1-4-9-24)25-10-5-2-6-11-25/h2*1-6,8-11,18-19,22-23,29,31H,7,12-17,20-21H2,(H,38,39)/t22-,29+;22-,29-/m10/s1. The Labute approximate surface area is 466 Å². The molecule has 12 rings (SSSR count). The van der Waals surface area contributed by atoms with Gasteiger partial charge >= 0.3 is 11.9 Å². The van der Waals surface area contributed by atoms with Gasteiger partial charge in [-0.1, -0.05) is 121 Å². The predicted molar refractivity (Wildman–Crippen MR) is 300 cm³/mol. The molecule has 4 saturated heterocycles. The third-order valence-electron chi connectivity index (χ3n) is 17.1. The van der Waals surface area contributed by atoms with E-state index in [2.05, 4.69) is 107 Å². The number of amides is 2. The van der Waals surface area contributed by atoms with Crippen LogP contribution in [0, 0.1) is 23.5 Å². The molecular weight excluding hydrogens is 1010 g/mol. The van der Waals surface area contributed by atoms with Crippen molar-refractivity contribution < 1.29 is 47.6 Å². The molecule has 6 aromatic carbocycles. The van der Waals surface area contributed by atoms with Gasteiger partial charge < -0.3 is 29.5 Å². The van der Waals surface area contributed by atoms with Gasteiger partial charge in [0.2, 0.25) is 0 Å². The average Bonchev–Trinajstić information content (AvgIpc) is 4.23. The molecule has 6 fully saturated rings. The highest BCUT2D eigenvalue weighted by Gasteiger charge is 2.40. The molecule has 80 heavy (non-hydrogen) atoms. The van der Waals surface area contributed by atoms with E-state index in [0.29, 0.717) is 75.3 Å². The zero-order valence-corrected chi connectivity index (χ0v) is 45.1. The summed E-state index contributed by atoms with van der Waals surface area (Å²) in [6, 6.07) is 46.7. The first kappa shape index (κ1) is 54.5. The first-order valence-corrected chi connectivity index (χ1v) is 28.7. The minimum Gasteiger partial charge on any atom is -0.493 e. The molecule has 12 nitrogen and oxygen atoms in total. The number of hydrogen-bond donors (Lipinski definition) is 2. The van der Waals surface area contributed by atoms with Gasteiger partial charge in [-0.3, -0.25) is 19.4 Å². The van der Waals surface area contributed by atoms with Crippen molar-refractivity contribution >= 4 is 23.8 Å². The first-order chi connectivity index (χ1) is 39.0. The van der Waals surface area contributed by atoms with Crippen LogP contribution in [0.25, 0.3) is 0 Å². The van der Waals surface area contributed by atoms with Crippen LogP contribution in [0.4, 0.5) is 8.78 Å². The SMILES string of the molecule is O=C(O)[C@@H]1CCCN1C(=O)c1cc(C2CC2)c(OC[C@@H]2CCN(C(c3ccccc3)c3ccccc3)C2)cc1F.O=C(O)[C@@H]1CCCN1C(=O)c1cc(C2CC2)c(OC[C@H]2CCN(C(c3ccccc3)c3ccccc3)C2)cc1F. The zero-order chi connectivity index (χ0) is 55.3. The lowest BCUT2D eigenvalue weighted by atomic mass is 9.97. The molecule has 2 saturated carbocycles. The Morgan fingerprint density at radius 3 is 1.11 bits per heavy atom. The number of carboxylic acids is 2. The number of carbonyl (C=O) groups is 4. The number of carbonyl (C=O) groups excluding carboxylic acids is 2. The van der Waals surface area contributed by atoms with Crippen LogP contribution in [0.1, 0.15) is 142 Å². The Hall–Kier alpha value is -7.42. The molecule has 2 aliphatic carbocycles. The Bertz CT molecular complexity index is 2850. The number of ether oxygens (including phenoxy) is 2. The summed E-state index contributed by atoms with van der Waals surface area (Å²) in [7, 11) is 0. The topological polar surface area (TPSA) is 140 Å². The normalized spacial score (nSPS) is 21.2. The van der Waals surface area contributed by atoms with Crippen LogP contribution in [0.3, 0.4) is 0 Å². The molecule has 416 valence electrons. The second kappa shape index (κ2) is 24.5. The Balaban J connectivity index is 0.000000169. The maximum Gasteiger partial charge on any atom is 0.326 e. The fraction of sp³-hybridized carbons (Fsp3) is 0.394. The van der Waals surface area contributed by atoms with Gasteiger partial charge in [0.05, 0.1) is 36.4 Å². The van der Waals surface area contributed by atoms with Crippen molar-refractivity contribution in [1.29, 1.82) is 0 Å². The second-order valence-corrected chi connectivity index (χ2v) is 22.6. The highest BCUT2D eigenvalue weighted by atomic mass is 19.1. The van der Waals surface area contributed by atoms with Gasteiger partial charge in [0.25, 0.3) is 11.8 Å². The van der Waals surface area contributed by atoms with Crippen LogP contribution in [0.5, 0.6) is 11.5 Å². The van der Waals surface area contributed by atoms with Crippen LogP contribution in [-0.4, -0.2) is 118 Å². The molecule has 2 N–H and O–H groups in total. The van der Waals surface area contributed by atoms with Gasteiger partial charge in [-0.05, 0) is 135 Å². The lowest BCUT2D eigenvalue weighted by Crippen LogP contribution is -2.40. The van der Waals surface area contributed by atoms with Crippen molar-refractivity contribution in [3.8, 4) is 11.5 Å². The monoisotopic (exact) mass is 1080 g/mol. The van der Waals surface area contributed by atoms with Crippen LogP contribution >= 0.6 is 0 Å². The smallest absolute Gasteiger partial charge is 0.326 e. The van der Waals surface area contributed by atoms with Gasteiger partial charge in [0, 0.05) is 50.1 Å². The highest BCUT2D eigenvalue weighted by molar-refractivity contribution is 5.98. The third-order valence-corrected chi connectivity index (χ3v) is 17.1. The molecule has 0 aromatic heterocycles. The minimum atomic E-state index is -1.04. The molecule has 14 heteroatoms. The number of aliphatic carboxylic acids is 2. The summed E-state index contributed by atoms with van der Waals surface area (Å²) in [6.45, 7) is 5.25. The van der Waals surface area contributed by atoms with Crippen molar-refractivity contribution in [3.05, 3.63) is 202 Å². The van der Waals surface area contributed by atoms with E-state index in [4.69, 9.17) is 9.47 Å². The number of carboxylic acid groups (broad SMARTS) is 2. The van der Waals surface area contributed by atoms with Crippen molar-refractivity contribution in [1.82, 2.24) is 19.6 Å². The summed E-state index contributed by atoms with van der Waals surface area (Å²) in [5.41, 5.74) is 6.65. The fourth-order valence-electron chi connectivity index (χ4n) is 12.6. The number of benzene rings is 6. The third kappa shape index (κ3) is 12.3. The number of halogens is 2. The summed E-state index contributed by atoms with van der Waals surface area (Å²) >= 11 is 0. The van der Waals surface area contributed by atoms with E-state index in [0.717, 1.165) is 75.8 Å². The summed E-state index contributed by atoms with van der Waals surface area (Å²) in [6.07, 6.45) is 7.88. The Morgan fingerprint density at radius 1 is 0.463 bits per heavy atom. The predicted octanol–water partition coefficient (Wildman–Crippen LogP) is 11.8. The second-order valence-electron chi connectivity index (χ2n) is 22.6. The van der Waals surface area contributed by atoms with Gasteiger partial charge in [0.1, 0.15) is 35.2 Å². The summed E-state index contributed by atoms with van der Waals surface area (Å²) in [5, 5.41) is 19.0. The summed E-state index contributed by atoms with van der Waals surface area (Å²) in [5.74, 6) is -2.37. The molecule has 4 heterocycles. The van der Waals surface area contributed by atoms with Gasteiger partial charge in [0.15, 0.2) is 0 Å². The minimum absolute atomic E-state index is 0.0528. The van der Waals surface area contributed by atoms with Crippen LogP contribution in [0.15, 0.2) is 146 Å². The van der Waals surface area contributed by atoms with Gasteiger partial charge in [-0.25, -0.2) is 18.4 Å². The maximum absolute atomic E-state index is 15.3. The fourth-order valence-corrected chi connectivity index (χ4v) is 12.6. The quantitative estimate of drug-likeness (QED) is 0.0855. The summed E-state index contributed by atoms with van der Waals surface area (Å²) < 4.78 is 43.2. The Morgan fingerprint density at radius 2 is 0.800 bits per heavy atom. The zero-order valence-electron chi connectivity index (χ0n) is 45.1. The van der Waals surface area contributed by atoms with Crippen molar-refractivity contribution in [3.63, 3.8) is 0 Å². The Kier molecular flexibility index (Phi) is 16.7. The molecule has 0 unspecified atom stereocenters.